The Kier molecular flexibility index (Phi) is 9.23. The van der Waals surface area contributed by atoms with E-state index in [9.17, 15) is 13.2 Å². The Morgan fingerprint density at radius 3 is 1.50 bits per heavy atom. The van der Waals surface area contributed by atoms with Gasteiger partial charge in [0.1, 0.15) is 0 Å². The predicted octanol–water partition coefficient (Wildman–Crippen LogP) is 0.948. The van der Waals surface area contributed by atoms with Crippen molar-refractivity contribution in [2.75, 3.05) is 28.3 Å². The third-order valence-electron chi connectivity index (χ3n) is 2.18. The minimum atomic E-state index is -2.98. The summed E-state index contributed by atoms with van der Waals surface area (Å²) in [6.07, 6.45) is 0. The summed E-state index contributed by atoms with van der Waals surface area (Å²) < 4.78 is 23.1. The summed E-state index contributed by atoms with van der Waals surface area (Å²) >= 11 is 0. The second-order valence-electron chi connectivity index (χ2n) is 4.55. The molecule has 0 fully saturated rings. The van der Waals surface area contributed by atoms with Gasteiger partial charge in [0.25, 0.3) is 0 Å². The van der Waals surface area contributed by atoms with Crippen molar-refractivity contribution >= 4 is 15.9 Å². The molecule has 0 rings (SSSR count). The zero-order chi connectivity index (χ0) is 15.1. The summed E-state index contributed by atoms with van der Waals surface area (Å²) in [6.45, 7) is 6.99. The van der Waals surface area contributed by atoms with Crippen molar-refractivity contribution in [3.8, 4) is 0 Å². The lowest BCUT2D eigenvalue weighted by Gasteiger charge is -2.15. The SMILES string of the molecule is CC(C)S(=O)(=O)N(C)C.CON(C)C(=O)C(C)C. The Labute approximate surface area is 111 Å². The summed E-state index contributed by atoms with van der Waals surface area (Å²) in [5.41, 5.74) is 0. The van der Waals surface area contributed by atoms with Crippen molar-refractivity contribution < 1.29 is 18.0 Å². The van der Waals surface area contributed by atoms with Crippen LogP contribution in [0.3, 0.4) is 0 Å². The van der Waals surface area contributed by atoms with E-state index in [1.165, 1.54) is 30.6 Å². The molecule has 0 saturated heterocycles. The fraction of sp³-hybridized carbons (Fsp3) is 0.909. The molecule has 0 saturated carbocycles. The van der Waals surface area contributed by atoms with E-state index in [0.717, 1.165) is 0 Å². The van der Waals surface area contributed by atoms with E-state index in [0.29, 0.717) is 0 Å². The molecule has 0 aliphatic carbocycles. The van der Waals surface area contributed by atoms with E-state index >= 15 is 0 Å². The van der Waals surface area contributed by atoms with Crippen molar-refractivity contribution in [1.82, 2.24) is 9.37 Å². The van der Waals surface area contributed by atoms with E-state index in [1.807, 2.05) is 13.8 Å². The van der Waals surface area contributed by atoms with Crippen molar-refractivity contribution in [2.24, 2.45) is 5.92 Å². The average molecular weight is 282 g/mol. The first-order valence-corrected chi connectivity index (χ1v) is 7.21. The van der Waals surface area contributed by atoms with Crippen LogP contribution in [0.1, 0.15) is 27.7 Å². The molecule has 0 unspecified atom stereocenters. The molecular weight excluding hydrogens is 256 g/mol. The highest BCUT2D eigenvalue weighted by atomic mass is 32.2. The molecule has 6 nitrogen and oxygen atoms in total. The lowest BCUT2D eigenvalue weighted by Crippen LogP contribution is -2.29. The molecule has 0 aromatic rings. The zero-order valence-electron chi connectivity index (χ0n) is 12.6. The Morgan fingerprint density at radius 2 is 1.44 bits per heavy atom. The van der Waals surface area contributed by atoms with Gasteiger partial charge in [0.2, 0.25) is 15.9 Å². The Hall–Kier alpha value is -0.660. The highest BCUT2D eigenvalue weighted by Crippen LogP contribution is 2.01. The first-order valence-electron chi connectivity index (χ1n) is 5.71. The van der Waals surface area contributed by atoms with Gasteiger partial charge >= 0.3 is 0 Å². The first-order chi connectivity index (χ1) is 7.98. The van der Waals surface area contributed by atoms with Gasteiger partial charge in [0.15, 0.2) is 0 Å². The molecule has 0 aromatic carbocycles. The van der Waals surface area contributed by atoms with Crippen molar-refractivity contribution in [3.05, 3.63) is 0 Å². The van der Waals surface area contributed by atoms with Crippen LogP contribution in [0.5, 0.6) is 0 Å². The lowest BCUT2D eigenvalue weighted by molar-refractivity contribution is -0.172. The Balaban J connectivity index is 0. The molecule has 0 heterocycles. The zero-order valence-corrected chi connectivity index (χ0v) is 13.4. The maximum absolute atomic E-state index is 11.0. The largest absolute Gasteiger partial charge is 0.275 e. The lowest BCUT2D eigenvalue weighted by atomic mass is 10.2. The quantitative estimate of drug-likeness (QED) is 0.720. The third kappa shape index (κ3) is 6.93. The highest BCUT2D eigenvalue weighted by molar-refractivity contribution is 7.89. The minimum Gasteiger partial charge on any atom is -0.275 e. The summed E-state index contributed by atoms with van der Waals surface area (Å²) in [5.74, 6) is 0.00690. The molecular formula is C11H26N2O4S. The molecule has 0 spiro atoms. The first kappa shape index (κ1) is 19.7. The number of amides is 1. The van der Waals surface area contributed by atoms with Crippen LogP contribution in [0.2, 0.25) is 0 Å². The van der Waals surface area contributed by atoms with Crippen LogP contribution in [0.15, 0.2) is 0 Å². The molecule has 0 aromatic heterocycles. The number of rotatable bonds is 4. The predicted molar refractivity (Wildman–Crippen MR) is 72.4 cm³/mol. The fourth-order valence-electron chi connectivity index (χ4n) is 0.875. The normalized spacial score (nSPS) is 11.5. The van der Waals surface area contributed by atoms with Crippen molar-refractivity contribution in [2.45, 2.75) is 32.9 Å². The highest BCUT2D eigenvalue weighted by Gasteiger charge is 2.17. The van der Waals surface area contributed by atoms with Crippen LogP contribution >= 0.6 is 0 Å². The fourth-order valence-corrected chi connectivity index (χ4v) is 1.72. The van der Waals surface area contributed by atoms with Crippen LogP contribution in [0.4, 0.5) is 0 Å². The van der Waals surface area contributed by atoms with Gasteiger partial charge in [-0.05, 0) is 13.8 Å². The van der Waals surface area contributed by atoms with E-state index < -0.39 is 10.0 Å². The number of carbonyl (C=O) groups excluding carboxylic acids is 1. The van der Waals surface area contributed by atoms with Gasteiger partial charge in [-0.2, -0.15) is 0 Å². The molecule has 0 bridgehead atoms. The van der Waals surface area contributed by atoms with E-state index in [2.05, 4.69) is 4.84 Å². The number of hydroxylamine groups is 2. The number of nitrogens with zero attached hydrogens (tertiary/aromatic N) is 2. The van der Waals surface area contributed by atoms with Gasteiger partial charge in [-0.15, -0.1) is 0 Å². The topological polar surface area (TPSA) is 66.9 Å². The monoisotopic (exact) mass is 282 g/mol. The maximum atomic E-state index is 11.0. The van der Waals surface area contributed by atoms with Crippen LogP contribution < -0.4 is 0 Å². The molecule has 7 heteroatoms. The molecule has 0 atom stereocenters. The third-order valence-corrected chi connectivity index (χ3v) is 4.39. The number of carbonyl (C=O) groups is 1. The smallest absolute Gasteiger partial charge is 0.248 e. The molecule has 1 amide bonds. The van der Waals surface area contributed by atoms with Gasteiger partial charge in [0.05, 0.1) is 12.4 Å². The summed E-state index contributed by atoms with van der Waals surface area (Å²) in [7, 11) is 3.16. The average Bonchev–Trinajstić information content (AvgIpc) is 2.27. The van der Waals surface area contributed by atoms with Gasteiger partial charge in [-0.3, -0.25) is 9.63 Å². The van der Waals surface area contributed by atoms with Crippen LogP contribution in [0.25, 0.3) is 0 Å². The molecule has 0 N–H and O–H groups in total. The van der Waals surface area contributed by atoms with E-state index in [1.54, 1.807) is 20.9 Å². The Bertz CT molecular complexity index is 323. The van der Waals surface area contributed by atoms with Gasteiger partial charge < -0.3 is 0 Å². The van der Waals surface area contributed by atoms with Crippen LogP contribution in [-0.2, 0) is 19.7 Å². The van der Waals surface area contributed by atoms with Crippen LogP contribution in [0, 0.1) is 5.92 Å². The number of sulfonamides is 1. The van der Waals surface area contributed by atoms with E-state index in [4.69, 9.17) is 0 Å². The van der Waals surface area contributed by atoms with Gasteiger partial charge in [0, 0.05) is 27.1 Å². The standard InChI is InChI=1S/C6H13NO2.C5H13NO2S/c1-5(2)6(8)7(3)9-4;1-5(2)9(7,8)6(3)4/h2*5H,1-4H3. The molecule has 110 valence electrons. The second kappa shape index (κ2) is 8.44. The number of hydrogen-bond acceptors (Lipinski definition) is 4. The number of hydrogen-bond donors (Lipinski definition) is 0. The molecule has 0 aliphatic rings. The summed E-state index contributed by atoms with van der Waals surface area (Å²) in [5, 5.41) is 0.914. The van der Waals surface area contributed by atoms with Crippen molar-refractivity contribution in [1.29, 1.82) is 0 Å². The molecule has 18 heavy (non-hydrogen) atoms. The van der Waals surface area contributed by atoms with Gasteiger partial charge in [-0.1, -0.05) is 13.8 Å². The van der Waals surface area contributed by atoms with Gasteiger partial charge in [-0.25, -0.2) is 17.8 Å². The second-order valence-corrected chi connectivity index (χ2v) is 7.25. The molecule has 0 aliphatic heterocycles. The van der Waals surface area contributed by atoms with Crippen LogP contribution in [-0.4, -0.2) is 57.2 Å². The Morgan fingerprint density at radius 1 is 1.06 bits per heavy atom. The summed E-state index contributed by atoms with van der Waals surface area (Å²) in [6, 6.07) is 0. The van der Waals surface area contributed by atoms with Crippen molar-refractivity contribution in [3.63, 3.8) is 0 Å². The molecule has 0 radical (unpaired) electrons. The summed E-state index contributed by atoms with van der Waals surface area (Å²) in [4.78, 5) is 15.5. The van der Waals surface area contributed by atoms with E-state index in [-0.39, 0.29) is 17.1 Å². The maximum Gasteiger partial charge on any atom is 0.248 e. The minimum absolute atomic E-state index is 0.00231.